The third kappa shape index (κ3) is 6.51. The quantitative estimate of drug-likeness (QED) is 0.211. The fourth-order valence-corrected chi connectivity index (χ4v) is 2.56. The standard InChI is InChI=1S/C16H13Cl3N4O3S/c17-16(18,19)14(22-15(27)20-11-6-2-1-3-7-11)21-13(24)10-5-4-8-12(9-10)23(25)26/h1-9,14H,(H,21,24)(H2,20,22,27). The van der Waals surface area contributed by atoms with Crippen molar-refractivity contribution in [2.75, 3.05) is 5.32 Å². The second-order valence-corrected chi connectivity index (χ2v) is 8.00. The number of non-ortho nitro benzene ring substituents is 1. The molecule has 27 heavy (non-hydrogen) atoms. The molecule has 142 valence electrons. The van der Waals surface area contributed by atoms with Crippen molar-refractivity contribution in [1.29, 1.82) is 0 Å². The molecule has 0 radical (unpaired) electrons. The van der Waals surface area contributed by atoms with Crippen LogP contribution in [-0.4, -0.2) is 25.9 Å². The number of hydrogen-bond acceptors (Lipinski definition) is 4. The highest BCUT2D eigenvalue weighted by Gasteiger charge is 2.35. The number of nitrogens with one attached hydrogen (secondary N) is 3. The van der Waals surface area contributed by atoms with Crippen LogP contribution < -0.4 is 16.0 Å². The zero-order valence-corrected chi connectivity index (χ0v) is 16.6. The number of nitrogens with zero attached hydrogens (tertiary/aromatic N) is 1. The Morgan fingerprint density at radius 3 is 2.33 bits per heavy atom. The molecule has 2 rings (SSSR count). The molecule has 2 aromatic rings. The molecule has 0 aliphatic carbocycles. The molecule has 0 bridgehead atoms. The second-order valence-electron chi connectivity index (χ2n) is 5.22. The van der Waals surface area contributed by atoms with Crippen molar-refractivity contribution in [2.45, 2.75) is 9.96 Å². The Kier molecular flexibility index (Phi) is 7.20. The van der Waals surface area contributed by atoms with E-state index in [0.29, 0.717) is 5.69 Å². The van der Waals surface area contributed by atoms with Gasteiger partial charge < -0.3 is 16.0 Å². The summed E-state index contributed by atoms with van der Waals surface area (Å²) in [6, 6.07) is 14.2. The number of amides is 1. The van der Waals surface area contributed by atoms with Gasteiger partial charge >= 0.3 is 0 Å². The number of carbonyl (C=O) groups is 1. The molecule has 0 heterocycles. The molecule has 1 atom stereocenters. The van der Waals surface area contributed by atoms with E-state index in [1.807, 2.05) is 18.2 Å². The average molecular weight is 448 g/mol. The van der Waals surface area contributed by atoms with Gasteiger partial charge in [0.1, 0.15) is 6.17 Å². The number of carbonyl (C=O) groups excluding carboxylic acids is 1. The van der Waals surface area contributed by atoms with Crippen LogP contribution in [0.4, 0.5) is 11.4 Å². The van der Waals surface area contributed by atoms with Crippen molar-refractivity contribution in [3.8, 4) is 0 Å². The number of halogens is 3. The molecule has 0 saturated heterocycles. The SMILES string of the molecule is O=C(NC(NC(=S)Nc1ccccc1)C(Cl)(Cl)Cl)c1cccc([N+](=O)[O-])c1. The summed E-state index contributed by atoms with van der Waals surface area (Å²) in [7, 11) is 0. The maximum absolute atomic E-state index is 12.4. The van der Waals surface area contributed by atoms with Gasteiger partial charge in [-0.2, -0.15) is 0 Å². The summed E-state index contributed by atoms with van der Waals surface area (Å²) < 4.78 is -1.95. The predicted molar refractivity (Wildman–Crippen MR) is 110 cm³/mol. The summed E-state index contributed by atoms with van der Waals surface area (Å²) >= 11 is 22.9. The Morgan fingerprint density at radius 2 is 1.74 bits per heavy atom. The molecular weight excluding hydrogens is 435 g/mol. The number of alkyl halides is 3. The van der Waals surface area contributed by atoms with E-state index in [1.165, 1.54) is 18.2 Å². The van der Waals surface area contributed by atoms with Crippen LogP contribution >= 0.6 is 47.0 Å². The fourth-order valence-electron chi connectivity index (χ4n) is 1.99. The lowest BCUT2D eigenvalue weighted by Gasteiger charge is -2.27. The number of rotatable bonds is 5. The Morgan fingerprint density at radius 1 is 1.07 bits per heavy atom. The Bertz CT molecular complexity index is 846. The number of thiocarbonyl (C=S) groups is 1. The first-order valence-electron chi connectivity index (χ1n) is 7.41. The monoisotopic (exact) mass is 446 g/mol. The second kappa shape index (κ2) is 9.18. The lowest BCUT2D eigenvalue weighted by molar-refractivity contribution is -0.384. The predicted octanol–water partition coefficient (Wildman–Crippen LogP) is 4.01. The van der Waals surface area contributed by atoms with Gasteiger partial charge in [0.2, 0.25) is 3.79 Å². The number of nitro groups is 1. The van der Waals surface area contributed by atoms with E-state index < -0.39 is 20.8 Å². The van der Waals surface area contributed by atoms with Crippen LogP contribution in [0.25, 0.3) is 0 Å². The first-order chi connectivity index (χ1) is 12.7. The van der Waals surface area contributed by atoms with Crippen LogP contribution in [0, 0.1) is 10.1 Å². The third-order valence-electron chi connectivity index (χ3n) is 3.23. The maximum Gasteiger partial charge on any atom is 0.270 e. The zero-order valence-electron chi connectivity index (χ0n) is 13.5. The summed E-state index contributed by atoms with van der Waals surface area (Å²) in [5.74, 6) is -0.676. The lowest BCUT2D eigenvalue weighted by Crippen LogP contribution is -2.56. The minimum Gasteiger partial charge on any atom is -0.339 e. The van der Waals surface area contributed by atoms with Gasteiger partial charge in [0, 0.05) is 23.4 Å². The minimum atomic E-state index is -1.95. The van der Waals surface area contributed by atoms with Crippen LogP contribution in [0.5, 0.6) is 0 Å². The molecule has 11 heteroatoms. The van der Waals surface area contributed by atoms with Crippen LogP contribution in [0.15, 0.2) is 54.6 Å². The molecule has 0 aliphatic heterocycles. The topological polar surface area (TPSA) is 96.3 Å². The van der Waals surface area contributed by atoms with Crippen molar-refractivity contribution in [3.05, 3.63) is 70.3 Å². The van der Waals surface area contributed by atoms with Crippen LogP contribution in [0.3, 0.4) is 0 Å². The molecule has 1 amide bonds. The number of benzene rings is 2. The molecule has 1 unspecified atom stereocenters. The van der Waals surface area contributed by atoms with Gasteiger partial charge in [0.25, 0.3) is 11.6 Å². The first-order valence-corrected chi connectivity index (χ1v) is 8.95. The van der Waals surface area contributed by atoms with Gasteiger partial charge in [-0.15, -0.1) is 0 Å². The largest absolute Gasteiger partial charge is 0.339 e. The van der Waals surface area contributed by atoms with E-state index >= 15 is 0 Å². The first kappa shape index (κ1) is 21.2. The molecule has 2 aromatic carbocycles. The van der Waals surface area contributed by atoms with Crippen LogP contribution in [0.1, 0.15) is 10.4 Å². The van der Waals surface area contributed by atoms with Crippen LogP contribution in [-0.2, 0) is 0 Å². The Balaban J connectivity index is 2.10. The van der Waals surface area contributed by atoms with E-state index in [1.54, 1.807) is 12.1 Å². The van der Waals surface area contributed by atoms with Gasteiger partial charge in [-0.05, 0) is 30.4 Å². The van der Waals surface area contributed by atoms with E-state index in [0.717, 1.165) is 6.07 Å². The van der Waals surface area contributed by atoms with E-state index in [2.05, 4.69) is 16.0 Å². The summed E-state index contributed by atoms with van der Waals surface area (Å²) in [4.78, 5) is 22.6. The van der Waals surface area contributed by atoms with Gasteiger partial charge in [-0.25, -0.2) is 0 Å². The molecule has 0 saturated carbocycles. The highest BCUT2D eigenvalue weighted by Crippen LogP contribution is 2.29. The Labute approximate surface area is 175 Å². The number of hydrogen-bond donors (Lipinski definition) is 3. The van der Waals surface area contributed by atoms with Gasteiger partial charge in [-0.3, -0.25) is 14.9 Å². The van der Waals surface area contributed by atoms with Crippen molar-refractivity contribution >= 4 is 69.4 Å². The van der Waals surface area contributed by atoms with E-state index in [4.69, 9.17) is 47.0 Å². The highest BCUT2D eigenvalue weighted by molar-refractivity contribution is 7.80. The normalized spacial score (nSPS) is 12.0. The smallest absolute Gasteiger partial charge is 0.270 e. The number of nitro benzene ring substituents is 1. The number of anilines is 1. The average Bonchev–Trinajstić information content (AvgIpc) is 2.61. The summed E-state index contributed by atoms with van der Waals surface area (Å²) in [5.41, 5.74) is 0.498. The molecule has 0 spiro atoms. The van der Waals surface area contributed by atoms with E-state index in [-0.39, 0.29) is 16.4 Å². The van der Waals surface area contributed by atoms with Gasteiger partial charge in [0.05, 0.1) is 4.92 Å². The minimum absolute atomic E-state index is 0.0344. The summed E-state index contributed by atoms with van der Waals surface area (Å²) in [6.07, 6.45) is -1.20. The summed E-state index contributed by atoms with van der Waals surface area (Å²) in [5, 5.41) is 19.0. The van der Waals surface area contributed by atoms with Crippen molar-refractivity contribution in [3.63, 3.8) is 0 Å². The lowest BCUT2D eigenvalue weighted by atomic mass is 10.2. The Hall–Kier alpha value is -2.13. The number of para-hydroxylation sites is 1. The van der Waals surface area contributed by atoms with Crippen LogP contribution in [0.2, 0.25) is 0 Å². The summed E-state index contributed by atoms with van der Waals surface area (Å²) in [6.45, 7) is 0. The maximum atomic E-state index is 12.4. The van der Waals surface area contributed by atoms with E-state index in [9.17, 15) is 14.9 Å². The third-order valence-corrected chi connectivity index (χ3v) is 4.10. The molecule has 0 aromatic heterocycles. The fraction of sp³-hybridized carbons (Fsp3) is 0.125. The molecule has 7 nitrogen and oxygen atoms in total. The van der Waals surface area contributed by atoms with Crippen molar-refractivity contribution in [1.82, 2.24) is 10.6 Å². The van der Waals surface area contributed by atoms with Crippen molar-refractivity contribution < 1.29 is 9.72 Å². The molecular formula is C16H13Cl3N4O3S. The van der Waals surface area contributed by atoms with Gasteiger partial charge in [0.15, 0.2) is 5.11 Å². The zero-order chi connectivity index (χ0) is 20.0. The highest BCUT2D eigenvalue weighted by atomic mass is 35.6. The van der Waals surface area contributed by atoms with Gasteiger partial charge in [-0.1, -0.05) is 59.1 Å². The van der Waals surface area contributed by atoms with Crippen molar-refractivity contribution in [2.24, 2.45) is 0 Å². The molecule has 3 N–H and O–H groups in total. The molecule has 0 fully saturated rings. The molecule has 0 aliphatic rings.